The van der Waals surface area contributed by atoms with Crippen molar-refractivity contribution in [3.05, 3.63) is 11.3 Å². The highest BCUT2D eigenvalue weighted by Gasteiger charge is 2.28. The molecule has 0 aromatic carbocycles. The van der Waals surface area contributed by atoms with E-state index in [0.29, 0.717) is 17.1 Å². The first-order valence-electron chi connectivity index (χ1n) is 4.95. The number of hydrogen-bond acceptors (Lipinski definition) is 5. The van der Waals surface area contributed by atoms with Crippen molar-refractivity contribution < 1.29 is 19.4 Å². The zero-order valence-electron chi connectivity index (χ0n) is 9.85. The number of aliphatic hydroxyl groups is 1. The first kappa shape index (κ1) is 12.5. The number of aromatic nitrogens is 2. The number of aliphatic hydroxyl groups excluding tert-OH is 1. The lowest BCUT2D eigenvalue weighted by Gasteiger charge is -2.10. The second-order valence-electron chi connectivity index (χ2n) is 3.29. The smallest absolute Gasteiger partial charge is 0.339 e. The van der Waals surface area contributed by atoms with Crippen molar-refractivity contribution in [3.8, 4) is 5.88 Å². The molecule has 6 nitrogen and oxygen atoms in total. The summed E-state index contributed by atoms with van der Waals surface area (Å²) in [6.45, 7) is 3.59. The van der Waals surface area contributed by atoms with E-state index in [2.05, 4.69) is 5.10 Å². The minimum absolute atomic E-state index is 0.220. The Morgan fingerprint density at radius 2 is 2.25 bits per heavy atom. The fraction of sp³-hybridized carbons (Fsp3) is 0.600. The van der Waals surface area contributed by atoms with E-state index in [0.717, 1.165) is 0 Å². The largest absolute Gasteiger partial charge is 0.481 e. The maximum absolute atomic E-state index is 11.4. The minimum atomic E-state index is -1.36. The fourth-order valence-corrected chi connectivity index (χ4v) is 1.55. The number of ether oxygens (including phenoxy) is 2. The zero-order chi connectivity index (χ0) is 12.3. The highest BCUT2D eigenvalue weighted by Crippen LogP contribution is 2.28. The average Bonchev–Trinajstić information content (AvgIpc) is 2.52. The van der Waals surface area contributed by atoms with Crippen LogP contribution in [0.5, 0.6) is 5.88 Å². The minimum Gasteiger partial charge on any atom is -0.481 e. The van der Waals surface area contributed by atoms with E-state index in [9.17, 15) is 9.90 Å². The Hall–Kier alpha value is -1.56. The highest BCUT2D eigenvalue weighted by molar-refractivity contribution is 5.77. The molecule has 0 fully saturated rings. The lowest BCUT2D eigenvalue weighted by molar-refractivity contribution is -0.153. The summed E-state index contributed by atoms with van der Waals surface area (Å²) in [7, 11) is 3.13. The quantitative estimate of drug-likeness (QED) is 0.752. The summed E-state index contributed by atoms with van der Waals surface area (Å²) in [5.41, 5.74) is 0.892. The van der Waals surface area contributed by atoms with Gasteiger partial charge in [0.1, 0.15) is 0 Å². The van der Waals surface area contributed by atoms with Gasteiger partial charge in [-0.1, -0.05) is 0 Å². The van der Waals surface area contributed by atoms with Crippen LogP contribution in [0.25, 0.3) is 0 Å². The molecular formula is C10H16N2O4. The Morgan fingerprint density at radius 3 is 2.75 bits per heavy atom. The molecule has 90 valence electrons. The van der Waals surface area contributed by atoms with Gasteiger partial charge in [-0.3, -0.25) is 0 Å². The molecule has 0 bridgehead atoms. The lowest BCUT2D eigenvalue weighted by atomic mass is 10.1. The molecular weight excluding hydrogens is 212 g/mol. The molecule has 0 spiro atoms. The van der Waals surface area contributed by atoms with Gasteiger partial charge < -0.3 is 14.6 Å². The number of nitrogens with zero attached hydrogens (tertiary/aromatic N) is 2. The molecule has 16 heavy (non-hydrogen) atoms. The molecule has 0 amide bonds. The van der Waals surface area contributed by atoms with Crippen LogP contribution < -0.4 is 4.74 Å². The maximum Gasteiger partial charge on any atom is 0.339 e. The lowest BCUT2D eigenvalue weighted by Crippen LogP contribution is -2.16. The van der Waals surface area contributed by atoms with Crippen LogP contribution in [0.1, 0.15) is 24.3 Å². The highest BCUT2D eigenvalue weighted by atomic mass is 16.5. The average molecular weight is 228 g/mol. The monoisotopic (exact) mass is 228 g/mol. The molecule has 0 aliphatic heterocycles. The molecule has 0 aliphatic rings. The first-order valence-corrected chi connectivity index (χ1v) is 4.95. The van der Waals surface area contributed by atoms with E-state index >= 15 is 0 Å². The molecule has 1 N–H and O–H groups in total. The van der Waals surface area contributed by atoms with Crippen LogP contribution in [0, 0.1) is 6.92 Å². The van der Waals surface area contributed by atoms with Crippen LogP contribution in [-0.4, -0.2) is 34.6 Å². The van der Waals surface area contributed by atoms with Gasteiger partial charge in [0.15, 0.2) is 6.10 Å². The summed E-state index contributed by atoms with van der Waals surface area (Å²) >= 11 is 0. The second-order valence-corrected chi connectivity index (χ2v) is 3.29. The first-order chi connectivity index (χ1) is 7.52. The molecule has 0 radical (unpaired) electrons. The SMILES string of the molecule is CCOC(=O)C(O)c1c(C)nn(C)c1OC. The van der Waals surface area contributed by atoms with Crippen LogP contribution in [-0.2, 0) is 16.6 Å². The van der Waals surface area contributed by atoms with Crippen molar-refractivity contribution in [2.45, 2.75) is 20.0 Å². The summed E-state index contributed by atoms with van der Waals surface area (Å²) in [6, 6.07) is 0. The predicted octanol–water partition coefficient (Wildman–Crippen LogP) is 0.334. The van der Waals surface area contributed by atoms with Gasteiger partial charge in [0.05, 0.1) is 25.0 Å². The van der Waals surface area contributed by atoms with Gasteiger partial charge in [0.25, 0.3) is 0 Å². The molecule has 1 heterocycles. The van der Waals surface area contributed by atoms with Crippen LogP contribution >= 0.6 is 0 Å². The van der Waals surface area contributed by atoms with Gasteiger partial charge in [-0.2, -0.15) is 5.10 Å². The second kappa shape index (κ2) is 4.98. The van der Waals surface area contributed by atoms with Crippen molar-refractivity contribution in [2.24, 2.45) is 7.05 Å². The third-order valence-electron chi connectivity index (χ3n) is 2.19. The topological polar surface area (TPSA) is 73.6 Å². The normalized spacial score (nSPS) is 12.3. The van der Waals surface area contributed by atoms with Crippen LogP contribution in [0.15, 0.2) is 0 Å². The van der Waals surface area contributed by atoms with Gasteiger partial charge in [-0.05, 0) is 13.8 Å². The van der Waals surface area contributed by atoms with E-state index in [-0.39, 0.29) is 6.61 Å². The molecule has 1 rings (SSSR count). The van der Waals surface area contributed by atoms with Crippen molar-refractivity contribution in [1.82, 2.24) is 9.78 Å². The number of carbonyl (C=O) groups excluding carboxylic acids is 1. The van der Waals surface area contributed by atoms with E-state index in [1.807, 2.05) is 0 Å². The van der Waals surface area contributed by atoms with Crippen LogP contribution in [0.2, 0.25) is 0 Å². The third-order valence-corrected chi connectivity index (χ3v) is 2.19. The summed E-state index contributed by atoms with van der Waals surface area (Å²) < 4.78 is 11.3. The number of rotatable bonds is 4. The zero-order valence-corrected chi connectivity index (χ0v) is 9.85. The Labute approximate surface area is 93.8 Å². The Morgan fingerprint density at radius 1 is 1.62 bits per heavy atom. The van der Waals surface area contributed by atoms with E-state index in [1.165, 1.54) is 11.8 Å². The Balaban J connectivity index is 3.07. The van der Waals surface area contributed by atoms with Crippen LogP contribution in [0.3, 0.4) is 0 Å². The molecule has 1 atom stereocenters. The van der Waals surface area contributed by atoms with Crippen molar-refractivity contribution in [3.63, 3.8) is 0 Å². The van der Waals surface area contributed by atoms with Gasteiger partial charge in [-0.15, -0.1) is 0 Å². The summed E-state index contributed by atoms with van der Waals surface area (Å²) in [5.74, 6) is -0.338. The summed E-state index contributed by atoms with van der Waals surface area (Å²) in [6.07, 6.45) is -1.36. The number of carbonyl (C=O) groups is 1. The molecule has 0 saturated heterocycles. The van der Waals surface area contributed by atoms with Gasteiger partial charge in [-0.25, -0.2) is 9.48 Å². The Kier molecular flexibility index (Phi) is 3.89. The maximum atomic E-state index is 11.4. The van der Waals surface area contributed by atoms with Crippen molar-refractivity contribution in [1.29, 1.82) is 0 Å². The predicted molar refractivity (Wildman–Crippen MR) is 56.1 cm³/mol. The molecule has 0 saturated carbocycles. The number of aryl methyl sites for hydroxylation is 2. The molecule has 1 aromatic heterocycles. The van der Waals surface area contributed by atoms with E-state index in [4.69, 9.17) is 9.47 Å². The molecule has 0 aliphatic carbocycles. The standard InChI is InChI=1S/C10H16N2O4/c1-5-16-10(14)8(13)7-6(2)11-12(3)9(7)15-4/h8,13H,5H2,1-4H3. The molecule has 6 heteroatoms. The van der Waals surface area contributed by atoms with E-state index in [1.54, 1.807) is 20.9 Å². The number of hydrogen-bond donors (Lipinski definition) is 1. The van der Waals surface area contributed by atoms with E-state index < -0.39 is 12.1 Å². The fourth-order valence-electron chi connectivity index (χ4n) is 1.55. The Bertz CT molecular complexity index is 386. The number of methoxy groups -OCH3 is 1. The van der Waals surface area contributed by atoms with Gasteiger partial charge in [0.2, 0.25) is 5.88 Å². The van der Waals surface area contributed by atoms with Crippen molar-refractivity contribution >= 4 is 5.97 Å². The summed E-state index contributed by atoms with van der Waals surface area (Å²) in [5, 5.41) is 13.9. The molecule has 1 unspecified atom stereocenters. The van der Waals surface area contributed by atoms with Crippen molar-refractivity contribution in [2.75, 3.05) is 13.7 Å². The number of esters is 1. The third kappa shape index (κ3) is 2.16. The van der Waals surface area contributed by atoms with Crippen LogP contribution in [0.4, 0.5) is 0 Å². The van der Waals surface area contributed by atoms with Gasteiger partial charge >= 0.3 is 5.97 Å². The molecule has 1 aromatic rings. The summed E-state index contributed by atoms with van der Waals surface area (Å²) in [4.78, 5) is 11.4. The van der Waals surface area contributed by atoms with Gasteiger partial charge in [0, 0.05) is 7.05 Å².